The van der Waals surface area contributed by atoms with Gasteiger partial charge in [0.15, 0.2) is 0 Å². The van der Waals surface area contributed by atoms with Crippen LogP contribution in [0, 0.1) is 12.1 Å². The first kappa shape index (κ1) is 25.0. The van der Waals surface area contributed by atoms with Gasteiger partial charge in [-0.1, -0.05) is 20.1 Å². The zero-order valence-electron chi connectivity index (χ0n) is 10.1. The number of hydrogen-bond donors (Lipinski definition) is 0. The number of rotatable bonds is 0. The van der Waals surface area contributed by atoms with Crippen LogP contribution in [0.15, 0.2) is 0 Å². The van der Waals surface area contributed by atoms with Gasteiger partial charge in [-0.05, 0) is 30.1 Å². The van der Waals surface area contributed by atoms with E-state index in [9.17, 15) is 0 Å². The van der Waals surface area contributed by atoms with Crippen LogP contribution in [-0.4, -0.2) is 0 Å². The van der Waals surface area contributed by atoms with Crippen molar-refractivity contribution in [2.24, 2.45) is 0 Å². The molecule has 0 heterocycles. The standard InChI is InChI=1S/2C6Cl5.Rh/c2*7-2-1-3(8)5(10)6(11)4(2)9;/q2*-1;+2. The van der Waals surface area contributed by atoms with E-state index < -0.39 is 0 Å². The Morgan fingerprint density at radius 3 is 0.696 bits per heavy atom. The van der Waals surface area contributed by atoms with E-state index in [1.807, 2.05) is 0 Å². The van der Waals surface area contributed by atoms with Crippen LogP contribution >= 0.6 is 116 Å². The normalized spacial score (nSPS) is 9.83. The van der Waals surface area contributed by atoms with E-state index in [0.717, 1.165) is 0 Å². The molecule has 0 bridgehead atoms. The Bertz CT molecular complexity index is 602. The molecule has 0 unspecified atom stereocenters. The molecule has 0 nitrogen and oxygen atoms in total. The van der Waals surface area contributed by atoms with Gasteiger partial charge in [0, 0.05) is 0 Å². The minimum Gasteiger partial charge on any atom is -0.164 e. The quantitative estimate of drug-likeness (QED) is 0.122. The van der Waals surface area contributed by atoms with Crippen molar-refractivity contribution in [3.05, 3.63) is 62.4 Å². The largest absolute Gasteiger partial charge is 2.00 e. The van der Waals surface area contributed by atoms with Crippen LogP contribution in [0.4, 0.5) is 0 Å². The van der Waals surface area contributed by atoms with Crippen LogP contribution in [0.25, 0.3) is 0 Å². The Morgan fingerprint density at radius 2 is 0.522 bits per heavy atom. The summed E-state index contributed by atoms with van der Waals surface area (Å²) in [5, 5.41) is 1.68. The van der Waals surface area contributed by atoms with Crippen molar-refractivity contribution < 1.29 is 19.5 Å². The summed E-state index contributed by atoms with van der Waals surface area (Å²) in [4.78, 5) is 0. The van der Waals surface area contributed by atoms with Gasteiger partial charge >= 0.3 is 19.5 Å². The molecule has 0 fully saturated rings. The summed E-state index contributed by atoms with van der Waals surface area (Å²) in [7, 11) is 0. The van der Waals surface area contributed by atoms with Gasteiger partial charge in [0.25, 0.3) is 0 Å². The third-order valence-electron chi connectivity index (χ3n) is 1.98. The average Bonchev–Trinajstić information content (AvgIpc) is 2.47. The first-order valence-corrected chi connectivity index (χ1v) is 8.67. The van der Waals surface area contributed by atoms with Crippen molar-refractivity contribution in [2.75, 3.05) is 0 Å². The summed E-state index contributed by atoms with van der Waals surface area (Å²) in [5.74, 6) is 0. The van der Waals surface area contributed by atoms with Gasteiger partial charge in [-0.2, -0.15) is 46.4 Å². The van der Waals surface area contributed by atoms with Crippen LogP contribution in [0.5, 0.6) is 0 Å². The predicted molar refractivity (Wildman–Crippen MR) is 101 cm³/mol. The summed E-state index contributed by atoms with van der Waals surface area (Å²) in [6.07, 6.45) is 0. The summed E-state index contributed by atoms with van der Waals surface area (Å²) in [6.45, 7) is 0. The molecular formula is C12Cl10Rh. The molecule has 0 aliphatic carbocycles. The minimum absolute atomic E-state index is 0. The SMILES string of the molecule is Clc1[c-]c(Cl)c(Cl)c(Cl)c1Cl.Clc1[c-]c(Cl)c(Cl)c(Cl)c1Cl.[Rh+2]. The van der Waals surface area contributed by atoms with Crippen molar-refractivity contribution in [3.63, 3.8) is 0 Å². The number of hydrogen-bond acceptors (Lipinski definition) is 0. The van der Waals surface area contributed by atoms with Gasteiger partial charge in [-0.15, -0.1) is 81.7 Å². The molecule has 0 aliphatic rings. The van der Waals surface area contributed by atoms with Crippen LogP contribution in [-0.2, 0) is 19.5 Å². The molecule has 0 aromatic heterocycles. The molecule has 23 heavy (non-hydrogen) atoms. The molecule has 0 saturated heterocycles. The fourth-order valence-electron chi connectivity index (χ4n) is 0.990. The van der Waals surface area contributed by atoms with Crippen LogP contribution in [0.2, 0.25) is 50.2 Å². The smallest absolute Gasteiger partial charge is 0.164 e. The second kappa shape index (κ2) is 11.0. The maximum atomic E-state index is 5.64. The van der Waals surface area contributed by atoms with Gasteiger partial charge in [0.05, 0.1) is 0 Å². The van der Waals surface area contributed by atoms with E-state index in [2.05, 4.69) is 12.1 Å². The fraction of sp³-hybridized carbons (Fsp3) is 0. The van der Waals surface area contributed by atoms with Crippen molar-refractivity contribution >= 4 is 116 Å². The van der Waals surface area contributed by atoms with Crippen molar-refractivity contribution in [1.82, 2.24) is 0 Å². The van der Waals surface area contributed by atoms with Crippen molar-refractivity contribution in [1.29, 1.82) is 0 Å². The monoisotopic (exact) mass is 597 g/mol. The van der Waals surface area contributed by atoms with E-state index in [1.165, 1.54) is 0 Å². The summed E-state index contributed by atoms with van der Waals surface area (Å²) in [5.41, 5.74) is 0. The maximum absolute atomic E-state index is 5.64. The maximum Gasteiger partial charge on any atom is 2.00 e. The minimum atomic E-state index is 0. The van der Waals surface area contributed by atoms with Crippen molar-refractivity contribution in [2.45, 2.75) is 0 Å². The number of benzene rings is 2. The Labute approximate surface area is 195 Å². The molecule has 0 saturated carbocycles. The second-order valence-corrected chi connectivity index (χ2v) is 7.17. The van der Waals surface area contributed by atoms with Crippen LogP contribution in [0.1, 0.15) is 0 Å². The molecule has 0 aliphatic heterocycles. The van der Waals surface area contributed by atoms with Gasteiger partial charge in [0.1, 0.15) is 0 Å². The van der Waals surface area contributed by atoms with E-state index in [1.54, 1.807) is 0 Å². The molecule has 0 amide bonds. The Kier molecular flexibility index (Phi) is 11.9. The Balaban J connectivity index is 0.000000403. The van der Waals surface area contributed by atoms with Gasteiger partial charge in [-0.25, -0.2) is 0 Å². The summed E-state index contributed by atoms with van der Waals surface area (Å²) < 4.78 is 0. The van der Waals surface area contributed by atoms with Gasteiger partial charge < -0.3 is 0 Å². The second-order valence-electron chi connectivity index (χ2n) is 3.39. The van der Waals surface area contributed by atoms with E-state index in [-0.39, 0.29) is 69.7 Å². The predicted octanol–water partition coefficient (Wildman–Crippen LogP) is 9.51. The molecule has 2 aromatic rings. The fourth-order valence-corrected chi connectivity index (χ4v) is 3.08. The van der Waals surface area contributed by atoms with Crippen LogP contribution < -0.4 is 0 Å². The molecule has 0 spiro atoms. The van der Waals surface area contributed by atoms with Gasteiger partial charge in [0.2, 0.25) is 0 Å². The van der Waals surface area contributed by atoms with Crippen LogP contribution in [0.3, 0.4) is 0 Å². The molecule has 0 atom stereocenters. The van der Waals surface area contributed by atoms with Crippen molar-refractivity contribution in [3.8, 4) is 0 Å². The molecular weight excluding hydrogens is 602 g/mol. The van der Waals surface area contributed by atoms with E-state index in [4.69, 9.17) is 116 Å². The zero-order chi connectivity index (χ0) is 17.2. The zero-order valence-corrected chi connectivity index (χ0v) is 19.3. The van der Waals surface area contributed by atoms with E-state index >= 15 is 0 Å². The topological polar surface area (TPSA) is 0 Å². The first-order chi connectivity index (χ1) is 10.1. The molecule has 1 radical (unpaired) electrons. The number of halogens is 10. The molecule has 127 valence electrons. The molecule has 2 aromatic carbocycles. The molecule has 0 N–H and O–H groups in total. The third kappa shape index (κ3) is 6.56. The van der Waals surface area contributed by atoms with Gasteiger partial charge in [-0.3, -0.25) is 0 Å². The molecule has 2 rings (SSSR count). The summed E-state index contributed by atoms with van der Waals surface area (Å²) in [6, 6.07) is 5.06. The third-order valence-corrected chi connectivity index (χ3v) is 6.16. The first-order valence-electron chi connectivity index (χ1n) is 4.89. The Hall–Kier alpha value is 1.96. The summed E-state index contributed by atoms with van der Waals surface area (Å²) >= 11 is 56.0. The Morgan fingerprint density at radius 1 is 0.348 bits per heavy atom. The molecule has 11 heteroatoms. The average molecular weight is 602 g/mol. The van der Waals surface area contributed by atoms with E-state index in [0.29, 0.717) is 0 Å².